The zero-order valence-electron chi connectivity index (χ0n) is 9.47. The summed E-state index contributed by atoms with van der Waals surface area (Å²) in [6.07, 6.45) is 3.14. The van der Waals surface area contributed by atoms with Crippen LogP contribution in [0.1, 0.15) is 15.9 Å². The van der Waals surface area contributed by atoms with Crippen LogP contribution in [0.5, 0.6) is 11.5 Å². The third kappa shape index (κ3) is 1.20. The lowest BCUT2D eigenvalue weighted by molar-refractivity contribution is -0.124. The number of ether oxygens (including phenoxy) is 4. The van der Waals surface area contributed by atoms with Crippen LogP contribution in [0.2, 0.25) is 0 Å². The Bertz CT molecular complexity index is 569. The molecule has 0 N–H and O–H groups in total. The first-order valence-corrected chi connectivity index (χ1v) is 5.74. The number of carbonyl (C=O) groups is 1. The second kappa shape index (κ2) is 3.34. The normalized spacial score (nSPS) is 22.6. The van der Waals surface area contributed by atoms with Gasteiger partial charge in [0.25, 0.3) is 0 Å². The van der Waals surface area contributed by atoms with Gasteiger partial charge in [-0.3, -0.25) is 4.79 Å². The van der Waals surface area contributed by atoms with Crippen LogP contribution in [0.25, 0.3) is 0 Å². The summed E-state index contributed by atoms with van der Waals surface area (Å²) in [7, 11) is 0. The molecule has 1 aromatic rings. The van der Waals surface area contributed by atoms with Crippen LogP contribution < -0.4 is 9.47 Å². The second-order valence-electron chi connectivity index (χ2n) is 4.31. The minimum atomic E-state index is -0.940. The van der Waals surface area contributed by atoms with Gasteiger partial charge in [0.2, 0.25) is 12.6 Å². The van der Waals surface area contributed by atoms with E-state index in [-0.39, 0.29) is 12.6 Å². The molecular formula is C13H10O5. The molecule has 5 nitrogen and oxygen atoms in total. The molecule has 0 saturated carbocycles. The molecule has 1 fully saturated rings. The van der Waals surface area contributed by atoms with E-state index in [1.807, 2.05) is 0 Å². The van der Waals surface area contributed by atoms with Crippen LogP contribution in [0, 0.1) is 0 Å². The lowest BCUT2D eigenvalue weighted by Crippen LogP contribution is -2.30. The fourth-order valence-corrected chi connectivity index (χ4v) is 2.48. The Kier molecular flexibility index (Phi) is 1.87. The van der Waals surface area contributed by atoms with Crippen LogP contribution in [-0.2, 0) is 15.3 Å². The minimum absolute atomic E-state index is 0.0759. The topological polar surface area (TPSA) is 54.0 Å². The number of benzene rings is 1. The number of carbonyl (C=O) groups excluding carboxylic acids is 1. The first kappa shape index (κ1) is 10.1. The molecule has 1 spiro atoms. The Balaban J connectivity index is 1.95. The van der Waals surface area contributed by atoms with Crippen molar-refractivity contribution in [1.82, 2.24) is 0 Å². The van der Waals surface area contributed by atoms with Crippen molar-refractivity contribution in [3.8, 4) is 11.5 Å². The van der Waals surface area contributed by atoms with Gasteiger partial charge in [-0.1, -0.05) is 0 Å². The molecular weight excluding hydrogens is 236 g/mol. The molecule has 92 valence electrons. The molecule has 4 rings (SSSR count). The number of hydrogen-bond acceptors (Lipinski definition) is 5. The van der Waals surface area contributed by atoms with E-state index >= 15 is 0 Å². The van der Waals surface area contributed by atoms with Crippen LogP contribution in [-0.4, -0.2) is 25.8 Å². The summed E-state index contributed by atoms with van der Waals surface area (Å²) in [6, 6.07) is 3.46. The Hall–Kier alpha value is -1.85. The largest absolute Gasteiger partial charge is 0.454 e. The summed E-state index contributed by atoms with van der Waals surface area (Å²) in [5.74, 6) is 0.193. The zero-order valence-corrected chi connectivity index (χ0v) is 9.47. The molecule has 3 aliphatic rings. The van der Waals surface area contributed by atoms with Gasteiger partial charge >= 0.3 is 0 Å². The molecule has 1 aromatic carbocycles. The smallest absolute Gasteiger partial charge is 0.231 e. The maximum atomic E-state index is 11.9. The van der Waals surface area contributed by atoms with Crippen LogP contribution >= 0.6 is 0 Å². The molecule has 18 heavy (non-hydrogen) atoms. The quantitative estimate of drug-likeness (QED) is 0.692. The van der Waals surface area contributed by atoms with E-state index in [2.05, 4.69) is 0 Å². The molecule has 1 aliphatic carbocycles. The van der Waals surface area contributed by atoms with Gasteiger partial charge < -0.3 is 18.9 Å². The first-order chi connectivity index (χ1) is 8.78. The van der Waals surface area contributed by atoms with Crippen LogP contribution in [0.15, 0.2) is 24.3 Å². The van der Waals surface area contributed by atoms with Gasteiger partial charge in [0.1, 0.15) is 0 Å². The molecule has 0 atom stereocenters. The Labute approximate surface area is 103 Å². The molecule has 2 aliphatic heterocycles. The molecule has 0 bridgehead atoms. The van der Waals surface area contributed by atoms with Gasteiger partial charge in [0.15, 0.2) is 17.3 Å². The average Bonchev–Trinajstić information content (AvgIpc) is 3.02. The van der Waals surface area contributed by atoms with Crippen molar-refractivity contribution in [3.05, 3.63) is 35.4 Å². The van der Waals surface area contributed by atoms with E-state index in [0.717, 1.165) is 0 Å². The van der Waals surface area contributed by atoms with Gasteiger partial charge in [-0.15, -0.1) is 0 Å². The Morgan fingerprint density at radius 1 is 1.06 bits per heavy atom. The highest BCUT2D eigenvalue weighted by Crippen LogP contribution is 2.44. The van der Waals surface area contributed by atoms with Crippen LogP contribution in [0.3, 0.4) is 0 Å². The van der Waals surface area contributed by atoms with Gasteiger partial charge in [-0.05, 0) is 24.3 Å². The highest BCUT2D eigenvalue weighted by molar-refractivity contribution is 6.07. The third-order valence-corrected chi connectivity index (χ3v) is 3.32. The predicted octanol–water partition coefficient (Wildman–Crippen LogP) is 1.37. The average molecular weight is 246 g/mol. The molecule has 5 heteroatoms. The lowest BCUT2D eigenvalue weighted by atomic mass is 9.90. The van der Waals surface area contributed by atoms with Gasteiger partial charge in [-0.25, -0.2) is 0 Å². The number of hydrogen-bond donors (Lipinski definition) is 0. The van der Waals surface area contributed by atoms with E-state index in [1.54, 1.807) is 18.2 Å². The Morgan fingerprint density at radius 3 is 2.56 bits per heavy atom. The highest BCUT2D eigenvalue weighted by atomic mass is 16.7. The van der Waals surface area contributed by atoms with E-state index < -0.39 is 5.79 Å². The lowest BCUT2D eigenvalue weighted by Gasteiger charge is -2.28. The summed E-state index contributed by atoms with van der Waals surface area (Å²) in [6.45, 7) is 1.19. The minimum Gasteiger partial charge on any atom is -0.454 e. The molecule has 2 heterocycles. The van der Waals surface area contributed by atoms with Crippen molar-refractivity contribution in [1.29, 1.82) is 0 Å². The van der Waals surface area contributed by atoms with Crippen molar-refractivity contribution >= 4 is 5.78 Å². The second-order valence-corrected chi connectivity index (χ2v) is 4.31. The number of ketones is 1. The summed E-state index contributed by atoms with van der Waals surface area (Å²) >= 11 is 0. The molecule has 0 amide bonds. The van der Waals surface area contributed by atoms with Crippen molar-refractivity contribution in [2.75, 3.05) is 20.0 Å². The molecule has 0 radical (unpaired) electrons. The van der Waals surface area contributed by atoms with E-state index in [0.29, 0.717) is 35.8 Å². The number of rotatable bonds is 0. The number of allylic oxidation sites excluding steroid dienone is 1. The molecule has 0 aromatic heterocycles. The fraction of sp³-hybridized carbons (Fsp3) is 0.308. The van der Waals surface area contributed by atoms with Gasteiger partial charge in [-0.2, -0.15) is 0 Å². The molecule has 1 saturated heterocycles. The highest BCUT2D eigenvalue weighted by Gasteiger charge is 2.42. The third-order valence-electron chi connectivity index (χ3n) is 3.32. The number of fused-ring (bicyclic) bond motifs is 3. The SMILES string of the molecule is O=C1C=CC2(OCCO2)c2cc3c(cc21)OCO3. The van der Waals surface area contributed by atoms with Crippen molar-refractivity contribution in [2.24, 2.45) is 0 Å². The van der Waals surface area contributed by atoms with E-state index in [1.165, 1.54) is 6.08 Å². The summed E-state index contributed by atoms with van der Waals surface area (Å²) in [5, 5.41) is 0. The van der Waals surface area contributed by atoms with E-state index in [4.69, 9.17) is 18.9 Å². The maximum absolute atomic E-state index is 11.9. The van der Waals surface area contributed by atoms with Crippen molar-refractivity contribution in [3.63, 3.8) is 0 Å². The monoisotopic (exact) mass is 246 g/mol. The summed E-state index contributed by atoms with van der Waals surface area (Å²) < 4.78 is 21.9. The Morgan fingerprint density at radius 2 is 1.78 bits per heavy atom. The van der Waals surface area contributed by atoms with Crippen LogP contribution in [0.4, 0.5) is 0 Å². The maximum Gasteiger partial charge on any atom is 0.231 e. The van der Waals surface area contributed by atoms with Gasteiger partial charge in [0.05, 0.1) is 13.2 Å². The summed E-state index contributed by atoms with van der Waals surface area (Å²) in [4.78, 5) is 11.9. The van der Waals surface area contributed by atoms with Crippen molar-refractivity contribution in [2.45, 2.75) is 5.79 Å². The summed E-state index contributed by atoms with van der Waals surface area (Å²) in [5.41, 5.74) is 1.24. The predicted molar refractivity (Wildman–Crippen MR) is 59.6 cm³/mol. The molecule has 0 unspecified atom stereocenters. The fourth-order valence-electron chi connectivity index (χ4n) is 2.48. The van der Waals surface area contributed by atoms with Crippen molar-refractivity contribution < 1.29 is 23.7 Å². The van der Waals surface area contributed by atoms with E-state index in [9.17, 15) is 4.79 Å². The standard InChI is InChI=1S/C13H10O5/c14-10-1-2-13(17-3-4-18-13)9-6-12-11(5-8(9)10)15-7-16-12/h1-2,5-6H,3-4,7H2. The zero-order chi connectivity index (χ0) is 12.2. The first-order valence-electron chi connectivity index (χ1n) is 5.74. The van der Waals surface area contributed by atoms with Gasteiger partial charge in [0, 0.05) is 11.1 Å².